The number of halogens is 4. The summed E-state index contributed by atoms with van der Waals surface area (Å²) in [4.78, 5) is 15.4. The van der Waals surface area contributed by atoms with E-state index in [1.54, 1.807) is 6.92 Å². The molecule has 0 radical (unpaired) electrons. The molecule has 2 rings (SSSR count). The van der Waals surface area contributed by atoms with Crippen LogP contribution in [0, 0.1) is 6.92 Å². The SMILES string of the molecule is Cc1csc([C@@H](OC(=O)c2ccc(Cl)s2)C(F)(F)F)n1. The van der Waals surface area contributed by atoms with Crippen molar-refractivity contribution in [2.45, 2.75) is 19.2 Å². The fraction of sp³-hybridized carbons (Fsp3) is 0.273. The number of aryl methyl sites for hydroxylation is 1. The summed E-state index contributed by atoms with van der Waals surface area (Å²) >= 11 is 7.28. The van der Waals surface area contributed by atoms with Crippen LogP contribution >= 0.6 is 34.3 Å². The lowest BCUT2D eigenvalue weighted by molar-refractivity contribution is -0.207. The van der Waals surface area contributed by atoms with Crippen LogP contribution in [0.4, 0.5) is 13.2 Å². The van der Waals surface area contributed by atoms with E-state index in [-0.39, 0.29) is 9.88 Å². The van der Waals surface area contributed by atoms with Crippen molar-refractivity contribution in [1.82, 2.24) is 4.98 Å². The second-order valence-corrected chi connectivity index (χ2v) is 6.36. The minimum atomic E-state index is -4.72. The van der Waals surface area contributed by atoms with Gasteiger partial charge < -0.3 is 4.74 Å². The van der Waals surface area contributed by atoms with Gasteiger partial charge in [-0.25, -0.2) is 9.78 Å². The van der Waals surface area contributed by atoms with E-state index in [2.05, 4.69) is 9.72 Å². The molecule has 0 aromatic carbocycles. The number of rotatable bonds is 3. The van der Waals surface area contributed by atoms with Gasteiger partial charge in [-0.3, -0.25) is 0 Å². The van der Waals surface area contributed by atoms with Crippen molar-refractivity contribution in [3.05, 3.63) is 37.4 Å². The van der Waals surface area contributed by atoms with E-state index in [1.807, 2.05) is 0 Å². The molecule has 20 heavy (non-hydrogen) atoms. The van der Waals surface area contributed by atoms with Gasteiger partial charge in [0.1, 0.15) is 9.88 Å². The molecular formula is C11H7ClF3NO2S2. The van der Waals surface area contributed by atoms with Crippen LogP contribution in [0.25, 0.3) is 0 Å². The molecule has 2 aromatic heterocycles. The summed E-state index contributed by atoms with van der Waals surface area (Å²) in [5.41, 5.74) is 0.439. The molecule has 1 atom stereocenters. The Balaban J connectivity index is 2.23. The predicted octanol–water partition coefficient (Wildman–Crippen LogP) is 4.63. The summed E-state index contributed by atoms with van der Waals surface area (Å²) in [6.07, 6.45) is -7.09. The van der Waals surface area contributed by atoms with Crippen molar-refractivity contribution in [3.63, 3.8) is 0 Å². The van der Waals surface area contributed by atoms with Gasteiger partial charge in [-0.05, 0) is 19.1 Å². The van der Waals surface area contributed by atoms with Gasteiger partial charge in [-0.15, -0.1) is 22.7 Å². The highest BCUT2D eigenvalue weighted by Crippen LogP contribution is 2.38. The fourth-order valence-electron chi connectivity index (χ4n) is 1.34. The molecule has 0 N–H and O–H groups in total. The maximum Gasteiger partial charge on any atom is 0.432 e. The Labute approximate surface area is 125 Å². The monoisotopic (exact) mass is 341 g/mol. The van der Waals surface area contributed by atoms with Crippen LogP contribution in [0.1, 0.15) is 26.5 Å². The molecule has 0 fully saturated rings. The van der Waals surface area contributed by atoms with Crippen LogP contribution in [0.5, 0.6) is 0 Å². The maximum absolute atomic E-state index is 13.0. The van der Waals surface area contributed by atoms with E-state index < -0.39 is 18.2 Å². The second kappa shape index (κ2) is 5.71. The van der Waals surface area contributed by atoms with Gasteiger partial charge in [0.2, 0.25) is 6.10 Å². The van der Waals surface area contributed by atoms with Gasteiger partial charge in [-0.1, -0.05) is 11.6 Å². The second-order valence-electron chi connectivity index (χ2n) is 3.76. The lowest BCUT2D eigenvalue weighted by Gasteiger charge is -2.18. The van der Waals surface area contributed by atoms with Crippen molar-refractivity contribution < 1.29 is 22.7 Å². The third-order valence-corrected chi connectivity index (χ3v) is 4.37. The number of nitrogens with zero attached hydrogens (tertiary/aromatic N) is 1. The van der Waals surface area contributed by atoms with E-state index in [0.29, 0.717) is 10.0 Å². The van der Waals surface area contributed by atoms with Crippen molar-refractivity contribution in [2.24, 2.45) is 0 Å². The van der Waals surface area contributed by atoms with Crippen LogP contribution in [-0.4, -0.2) is 17.1 Å². The molecule has 0 saturated heterocycles. The summed E-state index contributed by atoms with van der Waals surface area (Å²) in [5.74, 6) is -1.07. The third-order valence-electron chi connectivity index (χ3n) is 2.16. The molecule has 0 aliphatic carbocycles. The number of esters is 1. The van der Waals surface area contributed by atoms with Crippen molar-refractivity contribution in [2.75, 3.05) is 0 Å². The van der Waals surface area contributed by atoms with E-state index in [9.17, 15) is 18.0 Å². The first-order chi connectivity index (χ1) is 9.27. The van der Waals surface area contributed by atoms with Gasteiger partial charge in [0.05, 0.1) is 4.34 Å². The largest absolute Gasteiger partial charge is 0.441 e. The van der Waals surface area contributed by atoms with Crippen LogP contribution in [0.15, 0.2) is 17.5 Å². The number of thiazole rings is 1. The summed E-state index contributed by atoms with van der Waals surface area (Å²) in [5, 5.41) is 1.16. The summed E-state index contributed by atoms with van der Waals surface area (Å²) in [6, 6.07) is 2.73. The molecular weight excluding hydrogens is 335 g/mol. The highest BCUT2D eigenvalue weighted by molar-refractivity contribution is 7.17. The minimum absolute atomic E-state index is 0.0116. The number of hydrogen-bond acceptors (Lipinski definition) is 5. The topological polar surface area (TPSA) is 39.2 Å². The quantitative estimate of drug-likeness (QED) is 0.764. The van der Waals surface area contributed by atoms with Crippen LogP contribution in [0.2, 0.25) is 4.34 Å². The Hall–Kier alpha value is -1.12. The summed E-state index contributed by atoms with van der Waals surface area (Å²) in [6.45, 7) is 1.56. The molecule has 2 aromatic rings. The average Bonchev–Trinajstić information content (AvgIpc) is 2.93. The Kier molecular flexibility index (Phi) is 4.36. The van der Waals surface area contributed by atoms with Gasteiger partial charge >= 0.3 is 12.1 Å². The molecule has 0 amide bonds. The zero-order valence-corrected chi connectivity index (χ0v) is 12.3. The number of carbonyl (C=O) groups is 1. The molecule has 2 heterocycles. The third kappa shape index (κ3) is 3.50. The molecule has 0 aliphatic rings. The standard InChI is InChI=1S/C11H7ClF3NO2S2/c1-5-4-19-9(16-5)8(11(13,14)15)18-10(17)6-2-3-7(12)20-6/h2-4,8H,1H3/t8-/m1/s1. The zero-order valence-electron chi connectivity index (χ0n) is 9.90. The Morgan fingerprint density at radius 1 is 1.45 bits per heavy atom. The number of thiophene rings is 1. The van der Waals surface area contributed by atoms with Crippen molar-refractivity contribution in [3.8, 4) is 0 Å². The number of hydrogen-bond donors (Lipinski definition) is 0. The number of alkyl halides is 3. The van der Waals surface area contributed by atoms with E-state index >= 15 is 0 Å². The van der Waals surface area contributed by atoms with Gasteiger partial charge in [-0.2, -0.15) is 13.2 Å². The predicted molar refractivity (Wildman–Crippen MR) is 70.4 cm³/mol. The Bertz CT molecular complexity index is 623. The van der Waals surface area contributed by atoms with Crippen LogP contribution in [-0.2, 0) is 4.74 Å². The van der Waals surface area contributed by atoms with Crippen LogP contribution < -0.4 is 0 Å². The molecule has 0 aliphatic heterocycles. The van der Waals surface area contributed by atoms with E-state index in [1.165, 1.54) is 17.5 Å². The smallest absolute Gasteiger partial charge is 0.432 e. The molecule has 0 saturated carbocycles. The van der Waals surface area contributed by atoms with Crippen molar-refractivity contribution in [1.29, 1.82) is 0 Å². The minimum Gasteiger partial charge on any atom is -0.441 e. The fourth-order valence-corrected chi connectivity index (χ4v) is 3.11. The summed E-state index contributed by atoms with van der Waals surface area (Å²) < 4.78 is 43.7. The Morgan fingerprint density at radius 3 is 2.60 bits per heavy atom. The van der Waals surface area contributed by atoms with E-state index in [0.717, 1.165) is 22.7 Å². The van der Waals surface area contributed by atoms with E-state index in [4.69, 9.17) is 11.6 Å². The first-order valence-electron chi connectivity index (χ1n) is 5.22. The van der Waals surface area contributed by atoms with Gasteiger partial charge in [0.25, 0.3) is 0 Å². The lowest BCUT2D eigenvalue weighted by atomic mass is 10.3. The molecule has 3 nitrogen and oxygen atoms in total. The number of ether oxygens (including phenoxy) is 1. The summed E-state index contributed by atoms with van der Waals surface area (Å²) in [7, 11) is 0. The Morgan fingerprint density at radius 2 is 2.15 bits per heavy atom. The maximum atomic E-state index is 13.0. The molecule has 0 unspecified atom stereocenters. The van der Waals surface area contributed by atoms with Gasteiger partial charge in [0.15, 0.2) is 0 Å². The zero-order chi connectivity index (χ0) is 14.9. The highest BCUT2D eigenvalue weighted by atomic mass is 35.5. The molecule has 9 heteroatoms. The normalized spacial score (nSPS) is 13.2. The number of carbonyl (C=O) groups excluding carboxylic acids is 1. The first-order valence-corrected chi connectivity index (χ1v) is 7.30. The van der Waals surface area contributed by atoms with Crippen LogP contribution in [0.3, 0.4) is 0 Å². The number of aromatic nitrogens is 1. The van der Waals surface area contributed by atoms with Gasteiger partial charge in [0, 0.05) is 11.1 Å². The molecule has 0 spiro atoms. The average molecular weight is 342 g/mol. The lowest BCUT2D eigenvalue weighted by Crippen LogP contribution is -2.26. The molecule has 0 bridgehead atoms. The highest BCUT2D eigenvalue weighted by Gasteiger charge is 2.46. The molecule has 108 valence electrons. The van der Waals surface area contributed by atoms with Crippen molar-refractivity contribution >= 4 is 40.2 Å². The first kappa shape index (κ1) is 15.3.